The molecule has 0 aliphatic carbocycles. The highest BCUT2D eigenvalue weighted by Crippen LogP contribution is 2.19. The Bertz CT molecular complexity index is 423. The van der Waals surface area contributed by atoms with Crippen LogP contribution < -0.4 is 0 Å². The van der Waals surface area contributed by atoms with Crippen LogP contribution in [0.1, 0.15) is 25.8 Å². The maximum absolute atomic E-state index is 13.4. The Hall–Kier alpha value is -1.49. The second-order valence-electron chi connectivity index (χ2n) is 4.75. The molecule has 0 radical (unpaired) electrons. The highest BCUT2D eigenvalue weighted by Gasteiger charge is 2.14. The maximum Gasteiger partial charge on any atom is 0.304 e. The van der Waals surface area contributed by atoms with Crippen LogP contribution in [0.4, 0.5) is 10.1 Å². The Morgan fingerprint density at radius 1 is 1.50 bits per heavy atom. The van der Waals surface area contributed by atoms with E-state index in [0.29, 0.717) is 12.5 Å². The Kier molecular flexibility index (Phi) is 5.22. The summed E-state index contributed by atoms with van der Waals surface area (Å²) in [6.07, 6.45) is 1.10. The molecule has 1 atom stereocenters. The van der Waals surface area contributed by atoms with Gasteiger partial charge in [0.05, 0.1) is 4.92 Å². The third-order valence-corrected chi connectivity index (χ3v) is 2.98. The Morgan fingerprint density at radius 2 is 2.17 bits per heavy atom. The molecule has 0 spiro atoms. The number of nitro groups is 1. The van der Waals surface area contributed by atoms with Crippen molar-refractivity contribution in [2.75, 3.05) is 13.6 Å². The third-order valence-electron chi connectivity index (χ3n) is 2.98. The van der Waals surface area contributed by atoms with E-state index in [1.165, 1.54) is 12.1 Å². The number of halogens is 1. The van der Waals surface area contributed by atoms with Crippen LogP contribution in [-0.2, 0) is 6.54 Å². The summed E-state index contributed by atoms with van der Waals surface area (Å²) in [6.45, 7) is 5.81. The smallest absolute Gasteiger partial charge is 0.302 e. The summed E-state index contributed by atoms with van der Waals surface area (Å²) in [5.41, 5.74) is 0.284. The van der Waals surface area contributed by atoms with E-state index >= 15 is 0 Å². The molecule has 0 bridgehead atoms. The molecule has 0 aliphatic heterocycles. The van der Waals surface area contributed by atoms with Gasteiger partial charge < -0.3 is 4.90 Å². The van der Waals surface area contributed by atoms with Gasteiger partial charge in [-0.2, -0.15) is 4.39 Å². The minimum absolute atomic E-state index is 0.469. The number of nitrogens with zero attached hydrogens (tertiary/aromatic N) is 2. The topological polar surface area (TPSA) is 46.4 Å². The van der Waals surface area contributed by atoms with E-state index in [0.717, 1.165) is 18.5 Å². The van der Waals surface area contributed by atoms with E-state index < -0.39 is 16.4 Å². The number of hydrogen-bond donors (Lipinski definition) is 0. The van der Waals surface area contributed by atoms with Crippen molar-refractivity contribution < 1.29 is 9.31 Å². The van der Waals surface area contributed by atoms with Crippen LogP contribution in [0.2, 0.25) is 0 Å². The molecule has 0 heterocycles. The molecule has 0 aromatic heterocycles. The van der Waals surface area contributed by atoms with Crippen molar-refractivity contribution in [1.82, 2.24) is 4.90 Å². The second kappa shape index (κ2) is 6.44. The average Bonchev–Trinajstić information content (AvgIpc) is 2.28. The van der Waals surface area contributed by atoms with Crippen molar-refractivity contribution in [3.05, 3.63) is 39.7 Å². The van der Waals surface area contributed by atoms with Gasteiger partial charge in [0, 0.05) is 19.2 Å². The van der Waals surface area contributed by atoms with Crippen molar-refractivity contribution in [2.45, 2.75) is 26.8 Å². The van der Waals surface area contributed by atoms with Gasteiger partial charge in [0.2, 0.25) is 5.82 Å². The molecule has 0 fully saturated rings. The van der Waals surface area contributed by atoms with Gasteiger partial charge >= 0.3 is 5.69 Å². The first-order valence-electron chi connectivity index (χ1n) is 6.05. The van der Waals surface area contributed by atoms with Gasteiger partial charge in [-0.3, -0.25) is 10.1 Å². The Morgan fingerprint density at radius 3 is 2.67 bits per heavy atom. The van der Waals surface area contributed by atoms with Crippen molar-refractivity contribution >= 4 is 5.69 Å². The van der Waals surface area contributed by atoms with Crippen molar-refractivity contribution in [1.29, 1.82) is 0 Å². The summed E-state index contributed by atoms with van der Waals surface area (Å²) in [7, 11) is 1.96. The lowest BCUT2D eigenvalue weighted by Crippen LogP contribution is -2.23. The molecule has 0 saturated heterocycles. The first-order chi connectivity index (χ1) is 8.43. The lowest BCUT2D eigenvalue weighted by atomic mass is 10.1. The minimum Gasteiger partial charge on any atom is -0.302 e. The van der Waals surface area contributed by atoms with Crippen LogP contribution in [0.3, 0.4) is 0 Å². The standard InChI is InChI=1S/C13H19FN2O2/c1-4-10(2)8-15(3)9-11-5-6-13(16(17)18)12(14)7-11/h5-7,10H,4,8-9H2,1-3H3. The van der Waals surface area contributed by atoms with Gasteiger partial charge in [-0.05, 0) is 24.6 Å². The van der Waals surface area contributed by atoms with Crippen molar-refractivity contribution in [3.63, 3.8) is 0 Å². The molecular formula is C13H19FN2O2. The average molecular weight is 254 g/mol. The number of rotatable bonds is 6. The van der Waals surface area contributed by atoms with Gasteiger partial charge in [0.25, 0.3) is 0 Å². The molecule has 1 rings (SSSR count). The van der Waals surface area contributed by atoms with E-state index in [2.05, 4.69) is 18.7 Å². The molecule has 0 N–H and O–H groups in total. The summed E-state index contributed by atoms with van der Waals surface area (Å²) in [5, 5.41) is 10.5. The molecule has 1 aromatic carbocycles. The van der Waals surface area contributed by atoms with Crippen LogP contribution in [0, 0.1) is 21.8 Å². The molecule has 5 heteroatoms. The third kappa shape index (κ3) is 4.07. The molecule has 100 valence electrons. The quantitative estimate of drug-likeness (QED) is 0.578. The highest BCUT2D eigenvalue weighted by molar-refractivity contribution is 5.34. The number of hydrogen-bond acceptors (Lipinski definition) is 3. The molecule has 0 saturated carbocycles. The van der Waals surface area contributed by atoms with E-state index in [9.17, 15) is 14.5 Å². The van der Waals surface area contributed by atoms with Crippen molar-refractivity contribution in [3.8, 4) is 0 Å². The fourth-order valence-corrected chi connectivity index (χ4v) is 1.83. The van der Waals surface area contributed by atoms with Crippen LogP contribution in [0.5, 0.6) is 0 Å². The lowest BCUT2D eigenvalue weighted by molar-refractivity contribution is -0.387. The molecule has 0 amide bonds. The van der Waals surface area contributed by atoms with Gasteiger partial charge in [-0.15, -0.1) is 0 Å². The minimum atomic E-state index is -0.769. The fraction of sp³-hybridized carbons (Fsp3) is 0.538. The molecule has 4 nitrogen and oxygen atoms in total. The first kappa shape index (κ1) is 14.6. The van der Waals surface area contributed by atoms with Gasteiger partial charge in [-0.1, -0.05) is 26.3 Å². The summed E-state index contributed by atoms with van der Waals surface area (Å²) < 4.78 is 13.4. The molecule has 1 aromatic rings. The number of benzene rings is 1. The summed E-state index contributed by atoms with van der Waals surface area (Å²) in [4.78, 5) is 11.9. The highest BCUT2D eigenvalue weighted by atomic mass is 19.1. The van der Waals surface area contributed by atoms with Gasteiger partial charge in [0.1, 0.15) is 0 Å². The van der Waals surface area contributed by atoms with Crippen LogP contribution in [-0.4, -0.2) is 23.4 Å². The SMILES string of the molecule is CCC(C)CN(C)Cc1ccc([N+](=O)[O-])c(F)c1. The van der Waals surface area contributed by atoms with E-state index in [4.69, 9.17) is 0 Å². The maximum atomic E-state index is 13.4. The predicted octanol–water partition coefficient (Wildman–Crippen LogP) is 3.21. The zero-order chi connectivity index (χ0) is 13.7. The zero-order valence-corrected chi connectivity index (χ0v) is 11.0. The Labute approximate surface area is 107 Å². The number of nitro benzene ring substituents is 1. The normalized spacial score (nSPS) is 12.7. The molecular weight excluding hydrogens is 235 g/mol. The lowest BCUT2D eigenvalue weighted by Gasteiger charge is -2.20. The van der Waals surface area contributed by atoms with Crippen molar-refractivity contribution in [2.24, 2.45) is 5.92 Å². The van der Waals surface area contributed by atoms with E-state index in [1.807, 2.05) is 7.05 Å². The second-order valence-corrected chi connectivity index (χ2v) is 4.75. The summed E-state index contributed by atoms with van der Waals surface area (Å²) >= 11 is 0. The van der Waals surface area contributed by atoms with Gasteiger partial charge in [0.15, 0.2) is 0 Å². The van der Waals surface area contributed by atoms with Crippen LogP contribution >= 0.6 is 0 Å². The van der Waals surface area contributed by atoms with E-state index in [-0.39, 0.29) is 0 Å². The summed E-state index contributed by atoms with van der Waals surface area (Å²) in [5.74, 6) is -0.188. The Balaban J connectivity index is 2.68. The molecule has 18 heavy (non-hydrogen) atoms. The first-order valence-corrected chi connectivity index (χ1v) is 6.05. The molecule has 0 aliphatic rings. The predicted molar refractivity (Wildman–Crippen MR) is 68.8 cm³/mol. The van der Waals surface area contributed by atoms with Crippen LogP contribution in [0.15, 0.2) is 18.2 Å². The van der Waals surface area contributed by atoms with Gasteiger partial charge in [-0.25, -0.2) is 0 Å². The molecule has 1 unspecified atom stereocenters. The van der Waals surface area contributed by atoms with E-state index in [1.54, 1.807) is 6.07 Å². The summed E-state index contributed by atoms with van der Waals surface area (Å²) in [6, 6.07) is 4.07. The zero-order valence-electron chi connectivity index (χ0n) is 11.0. The van der Waals surface area contributed by atoms with Crippen LogP contribution in [0.25, 0.3) is 0 Å². The fourth-order valence-electron chi connectivity index (χ4n) is 1.83. The largest absolute Gasteiger partial charge is 0.304 e. The monoisotopic (exact) mass is 254 g/mol.